The highest BCUT2D eigenvalue weighted by atomic mass is 35.5. The van der Waals surface area contributed by atoms with Crippen LogP contribution in [0.5, 0.6) is 0 Å². The van der Waals surface area contributed by atoms with Crippen molar-refractivity contribution in [2.24, 2.45) is 7.05 Å². The van der Waals surface area contributed by atoms with Gasteiger partial charge in [-0.25, -0.2) is 4.79 Å². The molecule has 5 nitrogen and oxygen atoms in total. The highest BCUT2D eigenvalue weighted by Gasteiger charge is 2.12. The maximum atomic E-state index is 12.1. The largest absolute Gasteiger partial charge is 0.348 e. The van der Waals surface area contributed by atoms with Crippen LogP contribution < -0.4 is 10.6 Å². The fourth-order valence-corrected chi connectivity index (χ4v) is 3.02. The van der Waals surface area contributed by atoms with Crippen LogP contribution in [0, 0.1) is 6.92 Å². The van der Waals surface area contributed by atoms with E-state index in [0.717, 1.165) is 18.5 Å². The number of nitrogens with zero attached hydrogens (tertiary/aromatic N) is 2. The van der Waals surface area contributed by atoms with Crippen LogP contribution in [0.2, 0.25) is 0 Å². The Hall–Kier alpha value is -2.53. The van der Waals surface area contributed by atoms with Gasteiger partial charge in [0, 0.05) is 35.5 Å². The standard InChI is InChI=1S/C19H22N4O.ClH/c1-4-6-16-13(2)23(3)18-9-8-14(11-17(16)18)21-19(24)22-15-7-5-10-20-12-15;/h5,7-12H,4,6H2,1-3H3,(H2,21,22,24);1H. The molecule has 2 heterocycles. The second-order valence-corrected chi connectivity index (χ2v) is 5.93. The Labute approximate surface area is 153 Å². The lowest BCUT2D eigenvalue weighted by Gasteiger charge is -2.08. The zero-order valence-electron chi connectivity index (χ0n) is 14.7. The number of pyridine rings is 1. The maximum absolute atomic E-state index is 12.1. The first kappa shape index (κ1) is 18.8. The Bertz CT molecular complexity index is 874. The summed E-state index contributed by atoms with van der Waals surface area (Å²) in [5.41, 5.74) is 5.27. The zero-order chi connectivity index (χ0) is 17.1. The van der Waals surface area contributed by atoms with Crippen molar-refractivity contribution in [1.29, 1.82) is 0 Å². The molecule has 0 bridgehead atoms. The Kier molecular flexibility index (Phi) is 6.04. The summed E-state index contributed by atoms with van der Waals surface area (Å²) in [6.07, 6.45) is 5.42. The van der Waals surface area contributed by atoms with Crippen molar-refractivity contribution in [3.05, 3.63) is 54.0 Å². The van der Waals surface area contributed by atoms with Crippen LogP contribution in [0.25, 0.3) is 10.9 Å². The fraction of sp³-hybridized carbons (Fsp3) is 0.263. The molecule has 0 aliphatic heterocycles. The van der Waals surface area contributed by atoms with E-state index >= 15 is 0 Å². The third-order valence-corrected chi connectivity index (χ3v) is 4.30. The average molecular weight is 359 g/mol. The number of urea groups is 1. The number of hydrogen-bond donors (Lipinski definition) is 2. The second kappa shape index (κ2) is 8.03. The molecule has 0 saturated carbocycles. The van der Waals surface area contributed by atoms with E-state index in [0.29, 0.717) is 5.69 Å². The van der Waals surface area contributed by atoms with Crippen molar-refractivity contribution in [3.63, 3.8) is 0 Å². The predicted octanol–water partition coefficient (Wildman–Crippen LogP) is 4.90. The highest BCUT2D eigenvalue weighted by Crippen LogP contribution is 2.28. The molecule has 6 heteroatoms. The van der Waals surface area contributed by atoms with Crippen LogP contribution in [-0.4, -0.2) is 15.6 Å². The number of rotatable bonds is 4. The minimum Gasteiger partial charge on any atom is -0.348 e. The molecule has 0 unspecified atom stereocenters. The second-order valence-electron chi connectivity index (χ2n) is 5.93. The molecule has 0 aliphatic rings. The molecule has 0 fully saturated rings. The van der Waals surface area contributed by atoms with Gasteiger partial charge in [0.25, 0.3) is 0 Å². The number of aromatic nitrogens is 2. The minimum absolute atomic E-state index is 0. The lowest BCUT2D eigenvalue weighted by atomic mass is 10.1. The van der Waals surface area contributed by atoms with E-state index in [-0.39, 0.29) is 18.4 Å². The summed E-state index contributed by atoms with van der Waals surface area (Å²) < 4.78 is 2.21. The molecule has 2 N–H and O–H groups in total. The summed E-state index contributed by atoms with van der Waals surface area (Å²) in [6, 6.07) is 9.35. The van der Waals surface area contributed by atoms with Gasteiger partial charge in [-0.2, -0.15) is 0 Å². The number of nitrogens with one attached hydrogen (secondary N) is 2. The lowest BCUT2D eigenvalue weighted by molar-refractivity contribution is 0.262. The molecular formula is C19H23ClN4O. The number of halogens is 1. The predicted molar refractivity (Wildman–Crippen MR) is 106 cm³/mol. The number of aryl methyl sites for hydroxylation is 2. The molecule has 0 spiro atoms. The Morgan fingerprint density at radius 3 is 2.64 bits per heavy atom. The van der Waals surface area contributed by atoms with E-state index in [9.17, 15) is 4.79 Å². The normalized spacial score (nSPS) is 10.4. The molecule has 0 aliphatic carbocycles. The third-order valence-electron chi connectivity index (χ3n) is 4.30. The minimum atomic E-state index is -0.271. The SMILES string of the molecule is CCCc1c(C)n(C)c2ccc(NC(=O)Nc3cccnc3)cc12.Cl. The van der Waals surface area contributed by atoms with E-state index < -0.39 is 0 Å². The summed E-state index contributed by atoms with van der Waals surface area (Å²) in [5.74, 6) is 0. The van der Waals surface area contributed by atoms with Crippen molar-refractivity contribution < 1.29 is 4.79 Å². The summed E-state index contributed by atoms with van der Waals surface area (Å²) in [5, 5.41) is 6.88. The molecule has 1 aromatic carbocycles. The lowest BCUT2D eigenvalue weighted by Crippen LogP contribution is -2.19. The van der Waals surface area contributed by atoms with Crippen molar-refractivity contribution in [2.45, 2.75) is 26.7 Å². The topological polar surface area (TPSA) is 59.0 Å². The van der Waals surface area contributed by atoms with Crippen molar-refractivity contribution in [1.82, 2.24) is 9.55 Å². The van der Waals surface area contributed by atoms with E-state index in [1.807, 2.05) is 6.07 Å². The summed E-state index contributed by atoms with van der Waals surface area (Å²) in [6.45, 7) is 4.33. The maximum Gasteiger partial charge on any atom is 0.323 e. The number of amides is 2. The van der Waals surface area contributed by atoms with Gasteiger partial charge in [-0.15, -0.1) is 12.4 Å². The Morgan fingerprint density at radius 1 is 1.20 bits per heavy atom. The summed E-state index contributed by atoms with van der Waals surface area (Å²) in [4.78, 5) is 16.1. The summed E-state index contributed by atoms with van der Waals surface area (Å²) in [7, 11) is 2.08. The Balaban J connectivity index is 0.00000225. The molecule has 0 atom stereocenters. The summed E-state index contributed by atoms with van der Waals surface area (Å²) >= 11 is 0. The van der Waals surface area contributed by atoms with Gasteiger partial charge in [0.1, 0.15) is 0 Å². The Morgan fingerprint density at radius 2 is 1.96 bits per heavy atom. The molecular weight excluding hydrogens is 336 g/mol. The van der Waals surface area contributed by atoms with Gasteiger partial charge in [0.05, 0.1) is 11.9 Å². The smallest absolute Gasteiger partial charge is 0.323 e. The van der Waals surface area contributed by atoms with Crippen LogP contribution in [0.15, 0.2) is 42.7 Å². The average Bonchev–Trinajstić information content (AvgIpc) is 2.81. The molecule has 3 rings (SSSR count). The van der Waals surface area contributed by atoms with Crippen molar-refractivity contribution in [3.8, 4) is 0 Å². The first-order chi connectivity index (χ1) is 11.6. The van der Waals surface area contributed by atoms with E-state index in [2.05, 4.69) is 53.2 Å². The van der Waals surface area contributed by atoms with Crippen LogP contribution >= 0.6 is 12.4 Å². The first-order valence-corrected chi connectivity index (χ1v) is 8.16. The van der Waals surface area contributed by atoms with Gasteiger partial charge in [-0.05, 0) is 49.2 Å². The third kappa shape index (κ3) is 3.94. The van der Waals surface area contributed by atoms with Crippen LogP contribution in [0.3, 0.4) is 0 Å². The van der Waals surface area contributed by atoms with Gasteiger partial charge in [0.2, 0.25) is 0 Å². The van der Waals surface area contributed by atoms with Gasteiger partial charge in [0.15, 0.2) is 0 Å². The van der Waals surface area contributed by atoms with Gasteiger partial charge < -0.3 is 15.2 Å². The quantitative estimate of drug-likeness (QED) is 0.696. The molecule has 2 aromatic heterocycles. The number of carbonyl (C=O) groups is 1. The molecule has 0 radical (unpaired) electrons. The monoisotopic (exact) mass is 358 g/mol. The number of hydrogen-bond acceptors (Lipinski definition) is 2. The van der Waals surface area contributed by atoms with Crippen LogP contribution in [-0.2, 0) is 13.5 Å². The fourth-order valence-electron chi connectivity index (χ4n) is 3.02. The highest BCUT2D eigenvalue weighted by molar-refractivity contribution is 6.01. The van der Waals surface area contributed by atoms with Gasteiger partial charge in [-0.3, -0.25) is 4.98 Å². The van der Waals surface area contributed by atoms with Crippen LogP contribution in [0.4, 0.5) is 16.2 Å². The van der Waals surface area contributed by atoms with Gasteiger partial charge in [-0.1, -0.05) is 13.3 Å². The molecule has 25 heavy (non-hydrogen) atoms. The zero-order valence-corrected chi connectivity index (χ0v) is 15.5. The molecule has 132 valence electrons. The van der Waals surface area contributed by atoms with E-state index in [1.54, 1.807) is 24.5 Å². The molecule has 2 amide bonds. The molecule has 0 saturated heterocycles. The van der Waals surface area contributed by atoms with Crippen molar-refractivity contribution in [2.75, 3.05) is 10.6 Å². The number of benzene rings is 1. The molecule has 3 aromatic rings. The van der Waals surface area contributed by atoms with Gasteiger partial charge >= 0.3 is 6.03 Å². The van der Waals surface area contributed by atoms with Crippen molar-refractivity contribution >= 4 is 40.7 Å². The number of carbonyl (C=O) groups excluding carboxylic acids is 1. The number of anilines is 2. The first-order valence-electron chi connectivity index (χ1n) is 8.16. The van der Waals surface area contributed by atoms with E-state index in [4.69, 9.17) is 0 Å². The van der Waals surface area contributed by atoms with E-state index in [1.165, 1.54) is 22.2 Å². The number of fused-ring (bicyclic) bond motifs is 1. The van der Waals surface area contributed by atoms with Crippen LogP contribution in [0.1, 0.15) is 24.6 Å².